The van der Waals surface area contributed by atoms with Crippen LogP contribution in [0.3, 0.4) is 0 Å². The third-order valence-corrected chi connectivity index (χ3v) is 3.80. The molecule has 5 nitrogen and oxygen atoms in total. The molecule has 0 atom stereocenters. The van der Waals surface area contributed by atoms with Gasteiger partial charge in [0, 0.05) is 5.69 Å². The van der Waals surface area contributed by atoms with Gasteiger partial charge in [0.15, 0.2) is 11.5 Å². The lowest BCUT2D eigenvalue weighted by Crippen LogP contribution is -2.13. The monoisotopic (exact) mass is 362 g/mol. The highest BCUT2D eigenvalue weighted by atomic mass is 35.5. The van der Waals surface area contributed by atoms with Gasteiger partial charge in [0.05, 0.1) is 17.2 Å². The van der Waals surface area contributed by atoms with Crippen molar-refractivity contribution in [2.24, 2.45) is 0 Å². The third kappa shape index (κ3) is 4.19. The summed E-state index contributed by atoms with van der Waals surface area (Å²) in [5, 5.41) is 22.0. The Morgan fingerprint density at radius 3 is 2.62 bits per heavy atom. The van der Waals surface area contributed by atoms with Crippen LogP contribution < -0.4 is 10.1 Å². The van der Waals surface area contributed by atoms with Gasteiger partial charge in [0.25, 0.3) is 5.91 Å². The second-order valence-corrected chi connectivity index (χ2v) is 5.50. The first kappa shape index (κ1) is 17.7. The minimum atomic E-state index is -0.595. The average molecular weight is 363 g/mol. The second-order valence-electron chi connectivity index (χ2n) is 4.68. The largest absolute Gasteiger partial charge is 0.504 e. The molecule has 2 rings (SSSR count). The van der Waals surface area contributed by atoms with E-state index in [-0.39, 0.29) is 17.1 Å². The van der Waals surface area contributed by atoms with Gasteiger partial charge in [0.2, 0.25) is 0 Å². The standard InChI is InChI=1S/C17H12Cl2N2O3/c1-24-16-7-10(2-5-15(16)22)6-11(9-20)17(23)21-12-3-4-13(18)14(19)8-12/h2-8,22H,1H3,(H,21,23)/b11-6+. The van der Waals surface area contributed by atoms with E-state index < -0.39 is 5.91 Å². The van der Waals surface area contributed by atoms with E-state index in [0.29, 0.717) is 21.3 Å². The van der Waals surface area contributed by atoms with Crippen molar-refractivity contribution >= 4 is 40.9 Å². The lowest BCUT2D eigenvalue weighted by Gasteiger charge is -2.06. The molecule has 24 heavy (non-hydrogen) atoms. The third-order valence-electron chi connectivity index (χ3n) is 3.06. The number of ether oxygens (including phenoxy) is 1. The SMILES string of the molecule is COc1cc(/C=C(\C#N)C(=O)Nc2ccc(Cl)c(Cl)c2)ccc1O. The Morgan fingerprint density at radius 2 is 2.00 bits per heavy atom. The number of nitrogens with one attached hydrogen (secondary N) is 1. The molecular formula is C17H12Cl2N2O3. The fourth-order valence-electron chi connectivity index (χ4n) is 1.87. The number of carbonyl (C=O) groups excluding carboxylic acids is 1. The van der Waals surface area contributed by atoms with E-state index in [0.717, 1.165) is 0 Å². The van der Waals surface area contributed by atoms with Gasteiger partial charge in [-0.05, 0) is 42.0 Å². The number of benzene rings is 2. The van der Waals surface area contributed by atoms with Crippen LogP contribution in [0.15, 0.2) is 42.0 Å². The number of phenols is 1. The summed E-state index contributed by atoms with van der Waals surface area (Å²) < 4.78 is 4.99. The van der Waals surface area contributed by atoms with Crippen molar-refractivity contribution in [1.82, 2.24) is 0 Å². The van der Waals surface area contributed by atoms with Crippen LogP contribution in [0.1, 0.15) is 5.56 Å². The van der Waals surface area contributed by atoms with E-state index in [1.807, 2.05) is 6.07 Å². The minimum absolute atomic E-state index is 0.0339. The van der Waals surface area contributed by atoms with Crippen LogP contribution >= 0.6 is 23.2 Å². The molecule has 1 amide bonds. The zero-order valence-electron chi connectivity index (χ0n) is 12.5. The Morgan fingerprint density at radius 1 is 1.25 bits per heavy atom. The quantitative estimate of drug-likeness (QED) is 0.628. The summed E-state index contributed by atoms with van der Waals surface area (Å²) in [7, 11) is 1.41. The van der Waals surface area contributed by atoms with Crippen molar-refractivity contribution in [2.45, 2.75) is 0 Å². The lowest BCUT2D eigenvalue weighted by atomic mass is 10.1. The van der Waals surface area contributed by atoms with Crippen LogP contribution in [0.5, 0.6) is 11.5 Å². The van der Waals surface area contributed by atoms with Gasteiger partial charge in [-0.2, -0.15) is 5.26 Å². The van der Waals surface area contributed by atoms with Crippen molar-refractivity contribution in [3.63, 3.8) is 0 Å². The van der Waals surface area contributed by atoms with Gasteiger partial charge in [-0.3, -0.25) is 4.79 Å². The van der Waals surface area contributed by atoms with E-state index in [2.05, 4.69) is 5.32 Å². The molecule has 7 heteroatoms. The maximum absolute atomic E-state index is 12.2. The number of aromatic hydroxyl groups is 1. The van der Waals surface area contributed by atoms with Crippen molar-refractivity contribution in [3.05, 3.63) is 57.6 Å². The van der Waals surface area contributed by atoms with Gasteiger partial charge in [-0.1, -0.05) is 29.3 Å². The Bertz CT molecular complexity index is 857. The first-order valence-corrected chi connectivity index (χ1v) is 7.45. The summed E-state index contributed by atoms with van der Waals surface area (Å²) in [6.45, 7) is 0. The molecule has 0 aliphatic rings. The van der Waals surface area contributed by atoms with E-state index in [9.17, 15) is 15.2 Å². The first-order valence-electron chi connectivity index (χ1n) is 6.70. The molecule has 2 aromatic carbocycles. The Kier molecular flexibility index (Phi) is 5.69. The molecule has 2 aromatic rings. The predicted octanol–water partition coefficient (Wildman–Crippen LogP) is 4.25. The van der Waals surface area contributed by atoms with Crippen molar-refractivity contribution in [2.75, 3.05) is 12.4 Å². The lowest BCUT2D eigenvalue weighted by molar-refractivity contribution is -0.112. The van der Waals surface area contributed by atoms with Crippen molar-refractivity contribution < 1.29 is 14.6 Å². The number of carbonyl (C=O) groups is 1. The first-order chi connectivity index (χ1) is 11.4. The molecule has 0 spiro atoms. The minimum Gasteiger partial charge on any atom is -0.504 e. The highest BCUT2D eigenvalue weighted by Crippen LogP contribution is 2.28. The smallest absolute Gasteiger partial charge is 0.266 e. The molecule has 2 N–H and O–H groups in total. The number of nitriles is 1. The number of hydrogen-bond donors (Lipinski definition) is 2. The summed E-state index contributed by atoms with van der Waals surface area (Å²) >= 11 is 11.7. The maximum atomic E-state index is 12.2. The summed E-state index contributed by atoms with van der Waals surface area (Å²) in [6, 6.07) is 10.9. The van der Waals surface area contributed by atoms with E-state index in [1.165, 1.54) is 31.4 Å². The van der Waals surface area contributed by atoms with Gasteiger partial charge in [0.1, 0.15) is 11.6 Å². The topological polar surface area (TPSA) is 82.3 Å². The fourth-order valence-corrected chi connectivity index (χ4v) is 2.17. The molecule has 0 bridgehead atoms. The van der Waals surface area contributed by atoms with Crippen molar-refractivity contribution in [3.8, 4) is 17.6 Å². The summed E-state index contributed by atoms with van der Waals surface area (Å²) in [4.78, 5) is 12.2. The number of rotatable bonds is 4. The second kappa shape index (κ2) is 7.73. The molecule has 122 valence electrons. The van der Waals surface area contributed by atoms with Gasteiger partial charge in [-0.25, -0.2) is 0 Å². The predicted molar refractivity (Wildman–Crippen MR) is 93.3 cm³/mol. The van der Waals surface area contributed by atoms with Crippen LogP contribution in [0, 0.1) is 11.3 Å². The van der Waals surface area contributed by atoms with Crippen LogP contribution in [0.4, 0.5) is 5.69 Å². The van der Waals surface area contributed by atoms with E-state index in [4.69, 9.17) is 27.9 Å². The molecular weight excluding hydrogens is 351 g/mol. The van der Waals surface area contributed by atoms with Crippen LogP contribution in [0.2, 0.25) is 10.0 Å². The summed E-state index contributed by atoms with van der Waals surface area (Å²) in [5.41, 5.74) is 0.832. The molecule has 0 heterocycles. The molecule has 0 aliphatic carbocycles. The molecule has 0 aromatic heterocycles. The molecule has 0 saturated carbocycles. The van der Waals surface area contributed by atoms with Crippen LogP contribution in [-0.2, 0) is 4.79 Å². The highest BCUT2D eigenvalue weighted by Gasteiger charge is 2.11. The summed E-state index contributed by atoms with van der Waals surface area (Å²) in [6.07, 6.45) is 1.38. The number of amides is 1. The summed E-state index contributed by atoms with van der Waals surface area (Å²) in [5.74, 6) is -0.387. The fraction of sp³-hybridized carbons (Fsp3) is 0.0588. The van der Waals surface area contributed by atoms with E-state index in [1.54, 1.807) is 18.2 Å². The average Bonchev–Trinajstić information content (AvgIpc) is 2.57. The van der Waals surface area contributed by atoms with Crippen LogP contribution in [0.25, 0.3) is 6.08 Å². The molecule has 0 radical (unpaired) electrons. The van der Waals surface area contributed by atoms with Gasteiger partial charge < -0.3 is 15.2 Å². The Hall–Kier alpha value is -2.68. The molecule has 0 aliphatic heterocycles. The molecule has 0 saturated heterocycles. The number of methoxy groups -OCH3 is 1. The van der Waals surface area contributed by atoms with Crippen LogP contribution in [-0.4, -0.2) is 18.1 Å². The number of nitrogens with zero attached hydrogens (tertiary/aromatic N) is 1. The zero-order chi connectivity index (χ0) is 17.7. The number of halogens is 2. The molecule has 0 fully saturated rings. The normalized spacial score (nSPS) is 10.8. The number of phenolic OH excluding ortho intramolecular Hbond substituents is 1. The molecule has 0 unspecified atom stereocenters. The van der Waals surface area contributed by atoms with Gasteiger partial charge in [-0.15, -0.1) is 0 Å². The number of hydrogen-bond acceptors (Lipinski definition) is 4. The number of anilines is 1. The maximum Gasteiger partial charge on any atom is 0.266 e. The van der Waals surface area contributed by atoms with Crippen molar-refractivity contribution in [1.29, 1.82) is 5.26 Å². The van der Waals surface area contributed by atoms with Gasteiger partial charge >= 0.3 is 0 Å². The Balaban J connectivity index is 2.25. The van der Waals surface area contributed by atoms with E-state index >= 15 is 0 Å². The highest BCUT2D eigenvalue weighted by molar-refractivity contribution is 6.42. The Labute approximate surface area is 148 Å². The zero-order valence-corrected chi connectivity index (χ0v) is 14.0.